The Morgan fingerprint density at radius 3 is 2.93 bits per heavy atom. The Hall–Kier alpha value is -3.04. The van der Waals surface area contributed by atoms with Crippen LogP contribution in [0.15, 0.2) is 53.5 Å². The Kier molecular flexibility index (Phi) is 5.68. The van der Waals surface area contributed by atoms with Crippen LogP contribution in [0.1, 0.15) is 22.2 Å². The van der Waals surface area contributed by atoms with Gasteiger partial charge in [-0.2, -0.15) is 5.10 Å². The van der Waals surface area contributed by atoms with E-state index in [1.54, 1.807) is 30.5 Å². The molecule has 0 saturated heterocycles. The van der Waals surface area contributed by atoms with Gasteiger partial charge in [-0.3, -0.25) is 14.8 Å². The lowest BCUT2D eigenvalue weighted by Gasteiger charge is -2.05. The van der Waals surface area contributed by atoms with Crippen LogP contribution < -0.4 is 10.1 Å². The summed E-state index contributed by atoms with van der Waals surface area (Å²) in [5.74, 6) is -0.464. The number of para-hydroxylation sites is 1. The van der Waals surface area contributed by atoms with Crippen LogP contribution in [0.5, 0.6) is 5.75 Å². The predicted octanol–water partition coefficient (Wildman–Crippen LogP) is 5.06. The van der Waals surface area contributed by atoms with E-state index in [0.717, 1.165) is 23.4 Å². The first-order chi connectivity index (χ1) is 14.1. The van der Waals surface area contributed by atoms with E-state index in [1.807, 2.05) is 28.6 Å². The number of ether oxygens (including phenoxy) is 1. The molecule has 29 heavy (non-hydrogen) atoms. The topological polar surface area (TPSA) is 69.0 Å². The molecule has 0 aliphatic heterocycles. The molecule has 0 spiro atoms. The van der Waals surface area contributed by atoms with Gasteiger partial charge in [0.2, 0.25) is 0 Å². The number of thiazole rings is 1. The molecular formula is C20H17FN4O2S2. The van der Waals surface area contributed by atoms with Crippen molar-refractivity contribution in [2.24, 2.45) is 0 Å². The van der Waals surface area contributed by atoms with Gasteiger partial charge in [0, 0.05) is 29.2 Å². The largest absolute Gasteiger partial charge is 0.486 e. The Morgan fingerprint density at radius 2 is 2.14 bits per heavy atom. The summed E-state index contributed by atoms with van der Waals surface area (Å²) in [6.07, 6.45) is 3.67. The lowest BCUT2D eigenvalue weighted by Crippen LogP contribution is -2.09. The molecule has 1 aromatic carbocycles. The second kappa shape index (κ2) is 8.54. The molecule has 4 rings (SSSR count). The van der Waals surface area contributed by atoms with Crippen molar-refractivity contribution in [2.75, 3.05) is 5.32 Å². The number of halogens is 1. The number of nitrogens with one attached hydrogen (secondary N) is 1. The molecule has 0 aliphatic rings. The minimum atomic E-state index is -0.412. The Balaban J connectivity index is 1.37. The quantitative estimate of drug-likeness (QED) is 0.447. The van der Waals surface area contributed by atoms with Crippen LogP contribution in [0.2, 0.25) is 0 Å². The van der Waals surface area contributed by atoms with E-state index < -0.39 is 5.82 Å². The summed E-state index contributed by atoms with van der Waals surface area (Å²) in [5, 5.41) is 11.3. The van der Waals surface area contributed by atoms with Crippen LogP contribution >= 0.6 is 22.7 Å². The van der Waals surface area contributed by atoms with Crippen LogP contribution in [-0.4, -0.2) is 20.7 Å². The zero-order valence-electron chi connectivity index (χ0n) is 15.5. The molecule has 4 aromatic rings. The van der Waals surface area contributed by atoms with Crippen LogP contribution in [-0.2, 0) is 13.2 Å². The second-order valence-electron chi connectivity index (χ2n) is 6.12. The summed E-state index contributed by atoms with van der Waals surface area (Å²) < 4.78 is 20.9. The third-order valence-corrected chi connectivity index (χ3v) is 5.82. The van der Waals surface area contributed by atoms with E-state index in [1.165, 1.54) is 28.7 Å². The molecule has 3 heterocycles. The van der Waals surface area contributed by atoms with Gasteiger partial charge in [0.05, 0.1) is 16.8 Å². The van der Waals surface area contributed by atoms with Gasteiger partial charge in [-0.15, -0.1) is 22.7 Å². The minimum absolute atomic E-state index is 0.186. The first-order valence-corrected chi connectivity index (χ1v) is 10.6. The van der Waals surface area contributed by atoms with Crippen molar-refractivity contribution < 1.29 is 13.9 Å². The number of thiophene rings is 1. The van der Waals surface area contributed by atoms with E-state index >= 15 is 0 Å². The van der Waals surface area contributed by atoms with E-state index in [-0.39, 0.29) is 18.3 Å². The Labute approximate surface area is 174 Å². The van der Waals surface area contributed by atoms with Crippen molar-refractivity contribution in [3.05, 3.63) is 69.7 Å². The average molecular weight is 429 g/mol. The summed E-state index contributed by atoms with van der Waals surface area (Å²) in [4.78, 5) is 17.5. The van der Waals surface area contributed by atoms with Crippen molar-refractivity contribution in [1.29, 1.82) is 0 Å². The van der Waals surface area contributed by atoms with Crippen molar-refractivity contribution in [1.82, 2.24) is 14.8 Å². The fourth-order valence-electron chi connectivity index (χ4n) is 2.58. The first-order valence-electron chi connectivity index (χ1n) is 8.87. The number of aryl methyl sites for hydroxylation is 1. The Bertz CT molecular complexity index is 1130. The van der Waals surface area contributed by atoms with Gasteiger partial charge in [-0.05, 0) is 30.5 Å². The third-order valence-electron chi connectivity index (χ3n) is 4.09. The smallest absolute Gasteiger partial charge is 0.267 e. The molecule has 0 radical (unpaired) electrons. The van der Waals surface area contributed by atoms with Crippen LogP contribution in [0, 0.1) is 5.82 Å². The normalized spacial score (nSPS) is 10.8. The molecular weight excluding hydrogens is 411 g/mol. The molecule has 0 atom stereocenters. The molecule has 148 valence electrons. The number of benzene rings is 1. The predicted molar refractivity (Wildman–Crippen MR) is 112 cm³/mol. The molecule has 9 heteroatoms. The molecule has 0 unspecified atom stereocenters. The SMILES string of the molecule is CCn1cc(-c2csc(NC(=O)c3cc(COc4ccccc4F)cs3)n2)cn1. The average Bonchev–Trinajstić information content (AvgIpc) is 3.47. The second-order valence-corrected chi connectivity index (χ2v) is 7.88. The molecule has 3 aromatic heterocycles. The molecule has 1 N–H and O–H groups in total. The fraction of sp³-hybridized carbons (Fsp3) is 0.150. The highest BCUT2D eigenvalue weighted by Gasteiger charge is 2.13. The number of nitrogens with zero attached hydrogens (tertiary/aromatic N) is 3. The minimum Gasteiger partial charge on any atom is -0.486 e. The van der Waals surface area contributed by atoms with E-state index in [2.05, 4.69) is 15.4 Å². The lowest BCUT2D eigenvalue weighted by molar-refractivity contribution is 0.103. The first kappa shape index (κ1) is 19.3. The van der Waals surface area contributed by atoms with Gasteiger partial charge < -0.3 is 4.74 Å². The molecule has 0 aliphatic carbocycles. The van der Waals surface area contributed by atoms with Crippen LogP contribution in [0.3, 0.4) is 0 Å². The van der Waals surface area contributed by atoms with Gasteiger partial charge in [0.1, 0.15) is 6.61 Å². The highest BCUT2D eigenvalue weighted by molar-refractivity contribution is 7.14. The maximum Gasteiger partial charge on any atom is 0.267 e. The lowest BCUT2D eigenvalue weighted by atomic mass is 10.3. The summed E-state index contributed by atoms with van der Waals surface area (Å²) in [7, 11) is 0. The van der Waals surface area contributed by atoms with Crippen molar-refractivity contribution >= 4 is 33.7 Å². The maximum atomic E-state index is 13.6. The van der Waals surface area contributed by atoms with Crippen molar-refractivity contribution in [3.8, 4) is 17.0 Å². The molecule has 0 fully saturated rings. The highest BCUT2D eigenvalue weighted by Crippen LogP contribution is 2.26. The van der Waals surface area contributed by atoms with Crippen LogP contribution in [0.4, 0.5) is 9.52 Å². The fourth-order valence-corrected chi connectivity index (χ4v) is 4.09. The number of carbonyl (C=O) groups excluding carboxylic acids is 1. The summed E-state index contributed by atoms with van der Waals surface area (Å²) in [6, 6.07) is 7.97. The van der Waals surface area contributed by atoms with Crippen LogP contribution in [0.25, 0.3) is 11.3 Å². The summed E-state index contributed by atoms with van der Waals surface area (Å²) in [5.41, 5.74) is 2.48. The van der Waals surface area contributed by atoms with E-state index in [0.29, 0.717) is 10.0 Å². The maximum absolute atomic E-state index is 13.6. The number of rotatable bonds is 7. The summed E-state index contributed by atoms with van der Waals surface area (Å²) in [6.45, 7) is 2.99. The number of anilines is 1. The van der Waals surface area contributed by atoms with Gasteiger partial charge >= 0.3 is 0 Å². The van der Waals surface area contributed by atoms with Gasteiger partial charge in [-0.1, -0.05) is 12.1 Å². The molecule has 6 nitrogen and oxygen atoms in total. The summed E-state index contributed by atoms with van der Waals surface area (Å²) >= 11 is 2.66. The highest BCUT2D eigenvalue weighted by atomic mass is 32.1. The van der Waals surface area contributed by atoms with E-state index in [9.17, 15) is 9.18 Å². The standard InChI is InChI=1S/C20H17FN4O2S2/c1-2-25-9-14(8-22-25)16-12-29-20(23-16)24-19(26)18-7-13(11-28-18)10-27-17-6-4-3-5-15(17)21/h3-9,11-12H,2,10H2,1H3,(H,23,24,26). The zero-order valence-corrected chi connectivity index (χ0v) is 17.1. The third kappa shape index (κ3) is 4.52. The number of hydrogen-bond acceptors (Lipinski definition) is 6. The van der Waals surface area contributed by atoms with Gasteiger partial charge in [-0.25, -0.2) is 9.37 Å². The Morgan fingerprint density at radius 1 is 1.28 bits per heavy atom. The van der Waals surface area contributed by atoms with Crippen molar-refractivity contribution in [3.63, 3.8) is 0 Å². The number of carbonyl (C=O) groups is 1. The van der Waals surface area contributed by atoms with Crippen molar-refractivity contribution in [2.45, 2.75) is 20.1 Å². The number of aromatic nitrogens is 3. The monoisotopic (exact) mass is 428 g/mol. The molecule has 1 amide bonds. The number of hydrogen-bond donors (Lipinski definition) is 1. The zero-order chi connectivity index (χ0) is 20.2. The van der Waals surface area contributed by atoms with E-state index in [4.69, 9.17) is 4.74 Å². The number of amides is 1. The molecule has 0 saturated carbocycles. The molecule has 0 bridgehead atoms. The van der Waals surface area contributed by atoms with Gasteiger partial charge in [0.15, 0.2) is 16.7 Å². The van der Waals surface area contributed by atoms with Gasteiger partial charge in [0.25, 0.3) is 5.91 Å².